The van der Waals surface area contributed by atoms with Gasteiger partial charge in [0, 0.05) is 39.0 Å². The first kappa shape index (κ1) is 51.4. The molecule has 0 spiro atoms. The first-order chi connectivity index (χ1) is 28.5. The number of aliphatic hydroxyl groups excluding tert-OH is 1. The molecule has 13 heteroatoms. The molecule has 0 aromatic heterocycles. The molecule has 3 aliphatic heterocycles. The van der Waals surface area contributed by atoms with Crippen molar-refractivity contribution in [3.63, 3.8) is 0 Å². The number of cyclic esters (lactones) is 1. The van der Waals surface area contributed by atoms with E-state index in [0.717, 1.165) is 17.6 Å². The molecule has 13 atom stereocenters. The molecule has 13 unspecified atom stereocenters. The molecule has 3 heterocycles. The minimum Gasteiger partial charge on any atom is -0.456 e. The number of carbonyl (C=O) groups is 4. The second-order valence-electron chi connectivity index (χ2n) is 20.7. The van der Waals surface area contributed by atoms with Gasteiger partial charge in [0.15, 0.2) is 8.32 Å². The smallest absolute Gasteiger partial charge is 0.329 e. The number of ketones is 2. The number of methoxy groups -OCH3 is 2. The summed E-state index contributed by atoms with van der Waals surface area (Å²) in [6.07, 6.45) is 7.06. The van der Waals surface area contributed by atoms with Crippen molar-refractivity contribution in [2.45, 2.75) is 206 Å². The Morgan fingerprint density at radius 2 is 1.62 bits per heavy atom. The third kappa shape index (κ3) is 12.5. The van der Waals surface area contributed by atoms with Crippen molar-refractivity contribution in [3.8, 4) is 0 Å². The number of hydrogen-bond donors (Lipinski definition) is 2. The fraction of sp³-hybridized carbons (Fsp3) is 0.833. The lowest BCUT2D eigenvalue weighted by atomic mass is 9.82. The molecule has 1 aliphatic carbocycles. The van der Waals surface area contributed by atoms with Crippen LogP contribution in [0.2, 0.25) is 18.1 Å². The number of rotatable bonds is 7. The van der Waals surface area contributed by atoms with Crippen LogP contribution in [0.15, 0.2) is 23.3 Å². The summed E-state index contributed by atoms with van der Waals surface area (Å²) >= 11 is 0. The van der Waals surface area contributed by atoms with Crippen LogP contribution < -0.4 is 0 Å². The monoisotopic (exact) mass is 876 g/mol. The van der Waals surface area contributed by atoms with E-state index >= 15 is 0 Å². The summed E-state index contributed by atoms with van der Waals surface area (Å²) in [7, 11) is 1.02. The summed E-state index contributed by atoms with van der Waals surface area (Å²) in [6.45, 7) is 22.9. The highest BCUT2D eigenvalue weighted by atomic mass is 28.4. The average Bonchev–Trinajstić information content (AvgIpc) is 3.20. The Morgan fingerprint density at radius 1 is 0.967 bits per heavy atom. The number of ether oxygens (including phenoxy) is 4. The van der Waals surface area contributed by atoms with Crippen LogP contribution in [0.5, 0.6) is 0 Å². The van der Waals surface area contributed by atoms with E-state index in [0.29, 0.717) is 64.2 Å². The zero-order valence-electron chi connectivity index (χ0n) is 39.8. The Kier molecular flexibility index (Phi) is 18.2. The van der Waals surface area contributed by atoms with Crippen molar-refractivity contribution in [2.24, 2.45) is 29.6 Å². The summed E-state index contributed by atoms with van der Waals surface area (Å²) in [6, 6.07) is -1.05. The maximum atomic E-state index is 14.4. The van der Waals surface area contributed by atoms with Gasteiger partial charge in [-0.1, -0.05) is 66.2 Å². The maximum Gasteiger partial charge on any atom is 0.329 e. The van der Waals surface area contributed by atoms with Gasteiger partial charge in [-0.15, -0.1) is 0 Å². The molecule has 3 fully saturated rings. The van der Waals surface area contributed by atoms with Gasteiger partial charge in [-0.2, -0.15) is 0 Å². The van der Waals surface area contributed by atoms with Crippen molar-refractivity contribution in [3.05, 3.63) is 23.3 Å². The van der Waals surface area contributed by atoms with E-state index in [9.17, 15) is 29.4 Å². The van der Waals surface area contributed by atoms with Gasteiger partial charge in [-0.25, -0.2) is 4.79 Å². The molecule has 2 bridgehead atoms. The van der Waals surface area contributed by atoms with E-state index in [1.54, 1.807) is 21.1 Å². The number of Topliss-reactive ketones (excluding diaryl/α,β-unsaturated/α-hetero) is 2. The number of piperidine rings is 1. The fourth-order valence-corrected chi connectivity index (χ4v) is 11.2. The Balaban J connectivity index is 1.70. The van der Waals surface area contributed by atoms with Gasteiger partial charge < -0.3 is 38.5 Å². The summed E-state index contributed by atoms with van der Waals surface area (Å²) in [5.41, 5.74) is 1.90. The minimum absolute atomic E-state index is 0.0188. The number of allylic oxidation sites excluding steroid dienone is 3. The van der Waals surface area contributed by atoms with Crippen LogP contribution in [0, 0.1) is 29.6 Å². The predicted molar refractivity (Wildman–Crippen MR) is 238 cm³/mol. The van der Waals surface area contributed by atoms with Gasteiger partial charge in [0.2, 0.25) is 5.79 Å². The van der Waals surface area contributed by atoms with Crippen molar-refractivity contribution in [2.75, 3.05) is 20.8 Å². The highest BCUT2D eigenvalue weighted by Gasteiger charge is 2.56. The second kappa shape index (κ2) is 21.6. The fourth-order valence-electron chi connectivity index (χ4n) is 9.84. The molecule has 1 saturated carbocycles. The van der Waals surface area contributed by atoms with Gasteiger partial charge in [-0.3, -0.25) is 14.4 Å². The first-order valence-corrected chi connectivity index (χ1v) is 26.1. The quantitative estimate of drug-likeness (QED) is 0.111. The lowest BCUT2D eigenvalue weighted by molar-refractivity contribution is -0.302. The lowest BCUT2D eigenvalue weighted by Gasteiger charge is -2.47. The van der Waals surface area contributed by atoms with Crippen LogP contribution in [0.3, 0.4) is 0 Å². The Morgan fingerprint density at radius 3 is 2.23 bits per heavy atom. The van der Waals surface area contributed by atoms with E-state index in [-0.39, 0.29) is 53.6 Å². The molecule has 348 valence electrons. The third-order valence-electron chi connectivity index (χ3n) is 14.7. The molecule has 4 aliphatic rings. The predicted octanol–water partition coefficient (Wildman–Crippen LogP) is 7.88. The van der Waals surface area contributed by atoms with Gasteiger partial charge in [0.25, 0.3) is 11.7 Å². The number of amides is 1. The van der Waals surface area contributed by atoms with Gasteiger partial charge in [0.05, 0.1) is 24.4 Å². The normalized spacial score (nSPS) is 38.5. The van der Waals surface area contributed by atoms with Crippen molar-refractivity contribution < 1.29 is 52.8 Å². The first-order valence-electron chi connectivity index (χ1n) is 23.2. The van der Waals surface area contributed by atoms with Crippen molar-refractivity contribution >= 4 is 31.8 Å². The van der Waals surface area contributed by atoms with Crippen LogP contribution in [0.4, 0.5) is 0 Å². The van der Waals surface area contributed by atoms with Crippen LogP contribution in [-0.2, 0) is 42.6 Å². The molecular formula is C48H81NO11Si. The van der Waals surface area contributed by atoms with Crippen LogP contribution >= 0.6 is 0 Å². The number of aliphatic hydroxyl groups is 2. The highest BCUT2D eigenvalue weighted by Crippen LogP contribution is 2.41. The molecule has 1 amide bonds. The van der Waals surface area contributed by atoms with Crippen LogP contribution in [0.25, 0.3) is 0 Å². The van der Waals surface area contributed by atoms with Crippen LogP contribution in [-0.4, -0.2) is 116 Å². The standard InChI is InChI=1S/C48H81NO11Si/c1-14-35-24-29(2)23-30(3)25-40(56-10)43-41(57-11)27-33(6)48(55,59-43)44(52)45(53)49-22-16-15-17-36(49)46(54)58-42(31(4)18-20-37(35)50)32(5)26-34-19-21-39(38(51)28-34)60-61(12,13)47(7,8)9/h24,26,30-31,33-36,38-43,51,55H,14-23,25,27-28H2,1-13H3/b29-24+,32-26?. The highest BCUT2D eigenvalue weighted by molar-refractivity contribution is 6.74. The van der Waals surface area contributed by atoms with Crippen molar-refractivity contribution in [1.29, 1.82) is 0 Å². The van der Waals surface area contributed by atoms with E-state index in [1.807, 2.05) is 27.7 Å². The molecule has 4 rings (SSSR count). The van der Waals surface area contributed by atoms with Gasteiger partial charge >= 0.3 is 5.97 Å². The number of nitrogens with zero attached hydrogens (tertiary/aromatic N) is 1. The zero-order chi connectivity index (χ0) is 45.6. The minimum atomic E-state index is -2.47. The maximum absolute atomic E-state index is 14.4. The van der Waals surface area contributed by atoms with Gasteiger partial charge in [-0.05, 0) is 126 Å². The molecule has 0 radical (unpaired) electrons. The third-order valence-corrected chi connectivity index (χ3v) is 19.2. The average molecular weight is 876 g/mol. The summed E-state index contributed by atoms with van der Waals surface area (Å²) in [5.74, 6) is -6.29. The number of esters is 1. The number of hydrogen-bond acceptors (Lipinski definition) is 11. The summed E-state index contributed by atoms with van der Waals surface area (Å²) in [4.78, 5) is 58.1. The van der Waals surface area contributed by atoms with E-state index in [4.69, 9.17) is 23.4 Å². The van der Waals surface area contributed by atoms with E-state index in [1.165, 1.54) is 4.90 Å². The molecule has 61 heavy (non-hydrogen) atoms. The molecular weight excluding hydrogens is 795 g/mol. The SMILES string of the molecule is CCC1/C=C(\C)CC(C)CC(OC)C2OC(O)(C(=O)C(=O)N3CCCCC3C(=O)OC(C(C)=CC3CCC(O[Si](C)(C)C(C)(C)C)C(O)C3)C(C)CCC1=O)C(C)CC2OC. The summed E-state index contributed by atoms with van der Waals surface area (Å²) < 4.78 is 31.1. The molecule has 2 N–H and O–H groups in total. The lowest BCUT2D eigenvalue weighted by Crippen LogP contribution is -2.64. The zero-order valence-corrected chi connectivity index (χ0v) is 40.8. The Labute approximate surface area is 368 Å². The Bertz CT molecular complexity index is 1590. The van der Waals surface area contributed by atoms with Crippen LogP contribution in [0.1, 0.15) is 139 Å². The Hall–Kier alpha value is -2.26. The van der Waals surface area contributed by atoms with E-state index in [2.05, 4.69) is 52.9 Å². The second-order valence-corrected chi connectivity index (χ2v) is 25.4. The number of fused-ring (bicyclic) bond motifs is 3. The molecule has 12 nitrogen and oxygen atoms in total. The largest absolute Gasteiger partial charge is 0.456 e. The molecule has 2 saturated heterocycles. The number of carbonyl (C=O) groups excluding carboxylic acids is 4. The summed E-state index contributed by atoms with van der Waals surface area (Å²) in [5, 5.41) is 23.4. The van der Waals surface area contributed by atoms with Gasteiger partial charge in [0.1, 0.15) is 24.0 Å². The molecule has 0 aromatic rings. The van der Waals surface area contributed by atoms with E-state index < -0.39 is 74.2 Å². The topological polar surface area (TPSA) is 158 Å². The molecule has 0 aromatic carbocycles. The van der Waals surface area contributed by atoms with Crippen molar-refractivity contribution in [1.82, 2.24) is 4.90 Å².